The third-order valence-electron chi connectivity index (χ3n) is 4.64. The Morgan fingerprint density at radius 2 is 2.00 bits per heavy atom. The number of carbonyl (C=O) groups excluding carboxylic acids is 2. The van der Waals surface area contributed by atoms with E-state index in [0.717, 1.165) is 24.8 Å². The predicted molar refractivity (Wildman–Crippen MR) is 102 cm³/mol. The van der Waals surface area contributed by atoms with E-state index < -0.39 is 0 Å². The van der Waals surface area contributed by atoms with Crippen LogP contribution in [0.4, 0.5) is 5.95 Å². The van der Waals surface area contributed by atoms with Gasteiger partial charge in [0.1, 0.15) is 0 Å². The molecule has 2 aromatic rings. The van der Waals surface area contributed by atoms with Crippen molar-refractivity contribution in [1.82, 2.24) is 9.97 Å². The van der Waals surface area contributed by atoms with Crippen LogP contribution in [-0.2, 0) is 11.2 Å². The van der Waals surface area contributed by atoms with Crippen LogP contribution in [-0.4, -0.2) is 21.7 Å². The number of benzene rings is 1. The molecule has 1 amide bonds. The normalized spacial score (nSPS) is 16.2. The van der Waals surface area contributed by atoms with Crippen LogP contribution in [0, 0.1) is 0 Å². The lowest BCUT2D eigenvalue weighted by atomic mass is 9.82. The molecule has 1 aromatic heterocycles. The van der Waals surface area contributed by atoms with Crippen molar-refractivity contribution in [3.63, 3.8) is 0 Å². The first-order valence-electron chi connectivity index (χ1n) is 9.01. The number of carbonyl (C=O) groups is 2. The first-order valence-corrected chi connectivity index (χ1v) is 9.39. The van der Waals surface area contributed by atoms with Crippen molar-refractivity contribution < 1.29 is 9.59 Å². The van der Waals surface area contributed by atoms with Crippen LogP contribution in [0.15, 0.2) is 30.5 Å². The van der Waals surface area contributed by atoms with Gasteiger partial charge in [-0.15, -0.1) is 0 Å². The largest absolute Gasteiger partial charge is 0.295 e. The summed E-state index contributed by atoms with van der Waals surface area (Å²) in [7, 11) is 0. The lowest BCUT2D eigenvalue weighted by molar-refractivity contribution is -0.116. The molecule has 1 atom stereocenters. The average molecular weight is 372 g/mol. The van der Waals surface area contributed by atoms with Gasteiger partial charge in [0, 0.05) is 24.1 Å². The summed E-state index contributed by atoms with van der Waals surface area (Å²) in [6.07, 6.45) is 6.01. The maximum absolute atomic E-state index is 12.5. The molecule has 1 heterocycles. The molecular formula is C20H22ClN3O2. The smallest absolute Gasteiger partial charge is 0.229 e. The van der Waals surface area contributed by atoms with Gasteiger partial charge >= 0.3 is 0 Å². The summed E-state index contributed by atoms with van der Waals surface area (Å²) in [4.78, 5) is 33.0. The van der Waals surface area contributed by atoms with Gasteiger partial charge in [-0.2, -0.15) is 0 Å². The molecule has 26 heavy (non-hydrogen) atoms. The summed E-state index contributed by atoms with van der Waals surface area (Å²) in [5, 5.41) is 3.41. The number of anilines is 1. The Balaban J connectivity index is 1.73. The monoisotopic (exact) mass is 371 g/mol. The lowest BCUT2D eigenvalue weighted by Gasteiger charge is -2.23. The highest BCUT2D eigenvalue weighted by Gasteiger charge is 2.28. The van der Waals surface area contributed by atoms with Crippen LogP contribution < -0.4 is 5.32 Å². The molecule has 0 saturated heterocycles. The van der Waals surface area contributed by atoms with E-state index in [1.165, 1.54) is 6.20 Å². The molecule has 0 saturated carbocycles. The molecule has 0 radical (unpaired) electrons. The van der Waals surface area contributed by atoms with Crippen molar-refractivity contribution >= 4 is 29.2 Å². The molecule has 1 N–H and O–H groups in total. The van der Waals surface area contributed by atoms with E-state index in [1.807, 2.05) is 24.3 Å². The topological polar surface area (TPSA) is 72.0 Å². The Hall–Kier alpha value is -2.27. The Morgan fingerprint density at radius 3 is 2.73 bits per heavy atom. The van der Waals surface area contributed by atoms with Crippen molar-refractivity contribution in [2.24, 2.45) is 0 Å². The van der Waals surface area contributed by atoms with Crippen LogP contribution in [0.1, 0.15) is 66.6 Å². The highest BCUT2D eigenvalue weighted by atomic mass is 35.5. The summed E-state index contributed by atoms with van der Waals surface area (Å²) < 4.78 is 0. The molecule has 1 aromatic carbocycles. The summed E-state index contributed by atoms with van der Waals surface area (Å²) in [6.45, 7) is 2.10. The Bertz CT molecular complexity index is 805. The molecule has 0 fully saturated rings. The van der Waals surface area contributed by atoms with Gasteiger partial charge in [0.05, 0.1) is 11.3 Å². The summed E-state index contributed by atoms with van der Waals surface area (Å²) in [5.74, 6) is 0.284. The second kappa shape index (κ2) is 8.41. The predicted octanol–water partition coefficient (Wildman–Crippen LogP) is 4.56. The molecule has 136 valence electrons. The number of fused-ring (bicyclic) bond motifs is 1. The van der Waals surface area contributed by atoms with Gasteiger partial charge in [0.25, 0.3) is 0 Å². The molecular weight excluding hydrogens is 350 g/mol. The van der Waals surface area contributed by atoms with E-state index >= 15 is 0 Å². The minimum absolute atomic E-state index is 0.0343. The maximum atomic E-state index is 12.5. The SMILES string of the molecule is CCCCCC(=O)Nc1ncc2c(n1)C[C@@H](c1ccc(Cl)cc1)CC2=O. The maximum Gasteiger partial charge on any atom is 0.229 e. The van der Waals surface area contributed by atoms with Crippen LogP contribution in [0.2, 0.25) is 5.02 Å². The van der Waals surface area contributed by atoms with Crippen molar-refractivity contribution in [1.29, 1.82) is 0 Å². The van der Waals surface area contributed by atoms with E-state index in [2.05, 4.69) is 22.2 Å². The van der Waals surface area contributed by atoms with Gasteiger partial charge in [0.2, 0.25) is 11.9 Å². The summed E-state index contributed by atoms with van der Waals surface area (Å²) in [5.41, 5.74) is 2.32. The Kier molecular flexibility index (Phi) is 5.99. The van der Waals surface area contributed by atoms with E-state index in [0.29, 0.717) is 35.5 Å². The number of nitrogens with zero attached hydrogens (tertiary/aromatic N) is 2. The number of amides is 1. The number of aromatic nitrogens is 2. The molecule has 0 bridgehead atoms. The van der Waals surface area contributed by atoms with Gasteiger partial charge in [0.15, 0.2) is 5.78 Å². The fraction of sp³-hybridized carbons (Fsp3) is 0.400. The highest BCUT2D eigenvalue weighted by Crippen LogP contribution is 2.32. The minimum Gasteiger partial charge on any atom is -0.295 e. The molecule has 0 unspecified atom stereocenters. The van der Waals surface area contributed by atoms with Crippen LogP contribution >= 0.6 is 11.6 Å². The fourth-order valence-corrected chi connectivity index (χ4v) is 3.32. The van der Waals surface area contributed by atoms with Gasteiger partial charge in [-0.25, -0.2) is 9.97 Å². The number of halogens is 1. The zero-order valence-electron chi connectivity index (χ0n) is 14.8. The number of ketones is 1. The highest BCUT2D eigenvalue weighted by molar-refractivity contribution is 6.30. The molecule has 1 aliphatic carbocycles. The van der Waals surface area contributed by atoms with E-state index in [4.69, 9.17) is 11.6 Å². The number of unbranched alkanes of at least 4 members (excludes halogenated alkanes) is 2. The number of nitrogens with one attached hydrogen (secondary N) is 1. The van der Waals surface area contributed by atoms with Crippen molar-refractivity contribution in [2.45, 2.75) is 51.4 Å². The van der Waals surface area contributed by atoms with Gasteiger partial charge < -0.3 is 0 Å². The third-order valence-corrected chi connectivity index (χ3v) is 4.89. The van der Waals surface area contributed by atoms with Crippen LogP contribution in [0.5, 0.6) is 0 Å². The molecule has 0 aliphatic heterocycles. The number of rotatable bonds is 6. The number of Topliss-reactive ketones (excluding diaryl/α,β-unsaturated/α-hetero) is 1. The van der Waals surface area contributed by atoms with E-state index in [1.54, 1.807) is 0 Å². The zero-order chi connectivity index (χ0) is 18.5. The van der Waals surface area contributed by atoms with Crippen molar-refractivity contribution in [2.75, 3.05) is 5.32 Å². The Labute approximate surface area is 158 Å². The lowest BCUT2D eigenvalue weighted by Crippen LogP contribution is -2.22. The average Bonchev–Trinajstić information content (AvgIpc) is 2.62. The summed E-state index contributed by atoms with van der Waals surface area (Å²) >= 11 is 5.95. The second-order valence-corrected chi connectivity index (χ2v) is 7.08. The zero-order valence-corrected chi connectivity index (χ0v) is 15.6. The quantitative estimate of drug-likeness (QED) is 0.755. The van der Waals surface area contributed by atoms with E-state index in [9.17, 15) is 9.59 Å². The van der Waals surface area contributed by atoms with Crippen LogP contribution in [0.25, 0.3) is 0 Å². The minimum atomic E-state index is -0.0882. The number of hydrogen-bond acceptors (Lipinski definition) is 4. The first kappa shape index (κ1) is 18.5. The Morgan fingerprint density at radius 1 is 1.23 bits per heavy atom. The molecule has 5 nitrogen and oxygen atoms in total. The second-order valence-electron chi connectivity index (χ2n) is 6.64. The fourth-order valence-electron chi connectivity index (χ4n) is 3.20. The third kappa shape index (κ3) is 4.47. The molecule has 1 aliphatic rings. The number of hydrogen-bond donors (Lipinski definition) is 1. The van der Waals surface area contributed by atoms with Gasteiger partial charge in [-0.1, -0.05) is 43.5 Å². The summed E-state index contributed by atoms with van der Waals surface area (Å²) in [6, 6.07) is 7.56. The molecule has 3 rings (SSSR count). The standard InChI is InChI=1S/C20H22ClN3O2/c1-2-3-4-5-19(26)24-20-22-12-16-17(23-20)10-14(11-18(16)25)13-6-8-15(21)9-7-13/h6-9,12,14H,2-5,10-11H2,1H3,(H,22,23,24,26)/t14-/m1/s1. The first-order chi connectivity index (χ1) is 12.6. The molecule has 6 heteroatoms. The van der Waals surface area contributed by atoms with Crippen LogP contribution in [0.3, 0.4) is 0 Å². The van der Waals surface area contributed by atoms with Gasteiger partial charge in [-0.3, -0.25) is 14.9 Å². The van der Waals surface area contributed by atoms with Crippen molar-refractivity contribution in [3.8, 4) is 0 Å². The van der Waals surface area contributed by atoms with Gasteiger partial charge in [-0.05, 0) is 36.5 Å². The van der Waals surface area contributed by atoms with Crippen molar-refractivity contribution in [3.05, 3.63) is 52.3 Å². The molecule has 0 spiro atoms. The van der Waals surface area contributed by atoms with E-state index in [-0.39, 0.29) is 23.6 Å².